The maximum atomic E-state index is 12.8. The van der Waals surface area contributed by atoms with E-state index >= 15 is 0 Å². The van der Waals surface area contributed by atoms with Crippen LogP contribution in [0.4, 0.5) is 4.79 Å². The highest BCUT2D eigenvalue weighted by Crippen LogP contribution is 2.36. The Labute approximate surface area is 235 Å². The quantitative estimate of drug-likeness (QED) is 0.276. The number of phenolic OH excluding ortho intramolecular Hbond substituents is 1. The van der Waals surface area contributed by atoms with Gasteiger partial charge in [-0.25, -0.2) is 23.1 Å². The topological polar surface area (TPSA) is 115 Å². The van der Waals surface area contributed by atoms with Gasteiger partial charge in [0.15, 0.2) is 5.75 Å². The molecule has 0 saturated carbocycles. The summed E-state index contributed by atoms with van der Waals surface area (Å²) in [5.74, 6) is -0.198. The smallest absolute Gasteiger partial charge is 0.407 e. The zero-order valence-electron chi connectivity index (χ0n) is 20.1. The number of aromatic nitrogens is 3. The molecular formula is C27H20Cl2N4O5S. The lowest BCUT2D eigenvalue weighted by Gasteiger charge is -2.09. The number of pyridine rings is 1. The molecule has 0 fully saturated rings. The molecule has 2 heterocycles. The number of hydrogen-bond donors (Lipinski definition) is 2. The van der Waals surface area contributed by atoms with Crippen LogP contribution in [0.15, 0.2) is 82.4 Å². The third-order valence-corrected chi connectivity index (χ3v) is 7.38. The highest BCUT2D eigenvalue weighted by Gasteiger charge is 2.14. The second-order valence-electron chi connectivity index (χ2n) is 8.49. The maximum absolute atomic E-state index is 12.8. The van der Waals surface area contributed by atoms with Gasteiger partial charge in [0.2, 0.25) is 0 Å². The fourth-order valence-corrected chi connectivity index (χ4v) is 5.16. The Kier molecular flexibility index (Phi) is 7.69. The molecule has 0 aliphatic heterocycles. The Morgan fingerprint density at radius 1 is 0.974 bits per heavy atom. The van der Waals surface area contributed by atoms with Crippen LogP contribution in [0.1, 0.15) is 16.8 Å². The van der Waals surface area contributed by atoms with E-state index in [0.29, 0.717) is 21.8 Å². The average molecular weight is 583 g/mol. The van der Waals surface area contributed by atoms with E-state index in [-0.39, 0.29) is 40.9 Å². The summed E-state index contributed by atoms with van der Waals surface area (Å²) in [6.45, 7) is 0.212. The number of phenols is 1. The van der Waals surface area contributed by atoms with Gasteiger partial charge >= 0.3 is 16.7 Å². The lowest BCUT2D eigenvalue weighted by Crippen LogP contribution is -2.28. The number of carbonyl (C=O) groups excluding carboxylic acids is 1. The molecule has 198 valence electrons. The first-order valence-corrected chi connectivity index (χ1v) is 13.2. The molecule has 0 spiro atoms. The van der Waals surface area contributed by atoms with Gasteiger partial charge in [-0.3, -0.25) is 4.79 Å². The van der Waals surface area contributed by atoms with Gasteiger partial charge < -0.3 is 15.2 Å². The van der Waals surface area contributed by atoms with Crippen LogP contribution in [0.3, 0.4) is 0 Å². The van der Waals surface area contributed by atoms with Crippen molar-refractivity contribution < 1.29 is 14.6 Å². The zero-order chi connectivity index (χ0) is 27.5. The largest absolute Gasteiger partial charge is 0.504 e. The fourth-order valence-electron chi connectivity index (χ4n) is 3.85. The molecule has 2 N–H and O–H groups in total. The number of alkyl carbamates (subject to hydrolysis) is 1. The van der Waals surface area contributed by atoms with Crippen molar-refractivity contribution >= 4 is 51.7 Å². The van der Waals surface area contributed by atoms with Crippen molar-refractivity contribution in [1.29, 1.82) is 0 Å². The number of carbonyl (C=O) groups is 1. The summed E-state index contributed by atoms with van der Waals surface area (Å²) in [5, 5.41) is 13.8. The second kappa shape index (κ2) is 11.3. The van der Waals surface area contributed by atoms with Gasteiger partial charge in [0.25, 0.3) is 0 Å². The number of aromatic hydroxyl groups is 1. The number of hydrogen-bond acceptors (Lipinski definition) is 7. The summed E-state index contributed by atoms with van der Waals surface area (Å²) in [6, 6.07) is 20.9. The zero-order valence-corrected chi connectivity index (χ0v) is 22.5. The third kappa shape index (κ3) is 5.83. The molecule has 3 aromatic carbocycles. The normalized spacial score (nSPS) is 11.0. The van der Waals surface area contributed by atoms with Crippen LogP contribution in [-0.2, 0) is 24.4 Å². The van der Waals surface area contributed by atoms with Gasteiger partial charge in [0, 0.05) is 23.5 Å². The number of fused-ring (bicyclic) bond motifs is 1. The number of amides is 1. The van der Waals surface area contributed by atoms with E-state index in [0.717, 1.165) is 22.7 Å². The lowest BCUT2D eigenvalue weighted by molar-refractivity contribution is 0.138. The molecule has 5 rings (SSSR count). The third-order valence-electron chi connectivity index (χ3n) is 5.85. The summed E-state index contributed by atoms with van der Waals surface area (Å²) < 4.78 is 7.79. The standard InChI is InChI=1S/C27H20Cl2N4O5S/c28-21-12-22(29)24(34)23-20(21)11-10-18(31-23)15-38-25(35)30-13-16-6-8-17(9-7-16)14-32-26(36)33(39-27(32)37)19-4-2-1-3-5-19/h1-12,34H,13-15H2,(H,30,35). The molecule has 0 atom stereocenters. The van der Waals surface area contributed by atoms with Crippen LogP contribution in [0.2, 0.25) is 10.0 Å². The molecule has 0 aliphatic rings. The van der Waals surface area contributed by atoms with Crippen molar-refractivity contribution in [3.05, 3.63) is 120 Å². The minimum absolute atomic E-state index is 0.0773. The minimum atomic E-state index is -0.652. The monoisotopic (exact) mass is 582 g/mol. The highest BCUT2D eigenvalue weighted by atomic mass is 35.5. The summed E-state index contributed by atoms with van der Waals surface area (Å²) in [5.41, 5.74) is 2.44. The van der Waals surface area contributed by atoms with Crippen molar-refractivity contribution in [1.82, 2.24) is 18.8 Å². The van der Waals surface area contributed by atoms with Crippen LogP contribution in [0, 0.1) is 0 Å². The van der Waals surface area contributed by atoms with Gasteiger partial charge in [-0.15, -0.1) is 0 Å². The van der Waals surface area contributed by atoms with E-state index in [9.17, 15) is 19.5 Å². The van der Waals surface area contributed by atoms with Crippen LogP contribution >= 0.6 is 34.7 Å². The van der Waals surface area contributed by atoms with E-state index in [1.165, 1.54) is 14.6 Å². The van der Waals surface area contributed by atoms with E-state index in [1.807, 2.05) is 6.07 Å². The van der Waals surface area contributed by atoms with Crippen LogP contribution in [0.5, 0.6) is 5.75 Å². The molecule has 0 radical (unpaired) electrons. The second-order valence-corrected chi connectivity index (χ2v) is 10.2. The molecule has 9 nitrogen and oxygen atoms in total. The first-order valence-electron chi connectivity index (χ1n) is 11.6. The summed E-state index contributed by atoms with van der Waals surface area (Å²) in [7, 11) is 0. The van der Waals surface area contributed by atoms with E-state index in [4.69, 9.17) is 27.9 Å². The summed E-state index contributed by atoms with van der Waals surface area (Å²) >= 11 is 13.0. The number of halogens is 2. The van der Waals surface area contributed by atoms with Gasteiger partial charge in [-0.1, -0.05) is 65.7 Å². The Morgan fingerprint density at radius 3 is 2.44 bits per heavy atom. The number of nitrogens with one attached hydrogen (secondary N) is 1. The van der Waals surface area contributed by atoms with Gasteiger partial charge in [-0.05, 0) is 41.5 Å². The number of para-hydroxylation sites is 1. The van der Waals surface area contributed by atoms with Gasteiger partial charge in [0.05, 0.1) is 28.0 Å². The van der Waals surface area contributed by atoms with Crippen LogP contribution in [0.25, 0.3) is 16.6 Å². The lowest BCUT2D eigenvalue weighted by atomic mass is 10.1. The Balaban J connectivity index is 1.17. The Morgan fingerprint density at radius 2 is 1.69 bits per heavy atom. The van der Waals surface area contributed by atoms with E-state index in [1.54, 1.807) is 60.7 Å². The fraction of sp³-hybridized carbons (Fsp3) is 0.111. The van der Waals surface area contributed by atoms with Gasteiger partial charge in [-0.2, -0.15) is 0 Å². The number of benzene rings is 3. The molecule has 0 saturated heterocycles. The summed E-state index contributed by atoms with van der Waals surface area (Å²) in [4.78, 5) is 41.3. The predicted octanol–water partition coefficient (Wildman–Crippen LogP) is 5.10. The van der Waals surface area contributed by atoms with E-state index < -0.39 is 11.8 Å². The SMILES string of the molecule is O=C(NCc1ccc(Cn2c(=O)sn(-c3ccccc3)c2=O)cc1)OCc1ccc2c(Cl)cc(Cl)c(O)c2n1. The molecule has 39 heavy (non-hydrogen) atoms. The molecule has 0 bridgehead atoms. The Bertz CT molecular complexity index is 1780. The first-order chi connectivity index (χ1) is 18.8. The summed E-state index contributed by atoms with van der Waals surface area (Å²) in [6.07, 6.45) is -0.652. The number of rotatable bonds is 7. The molecule has 0 aliphatic carbocycles. The predicted molar refractivity (Wildman–Crippen MR) is 150 cm³/mol. The maximum Gasteiger partial charge on any atom is 0.407 e. The van der Waals surface area contributed by atoms with Crippen molar-refractivity contribution in [3.8, 4) is 11.4 Å². The molecular weight excluding hydrogens is 563 g/mol. The van der Waals surface area contributed by atoms with Crippen LogP contribution in [-0.4, -0.2) is 24.7 Å². The number of ether oxygens (including phenoxy) is 1. The first kappa shape index (κ1) is 26.5. The average Bonchev–Trinajstić information content (AvgIpc) is 3.23. The number of nitrogens with zero attached hydrogens (tertiary/aromatic N) is 3. The Hall–Kier alpha value is -4.12. The van der Waals surface area contributed by atoms with E-state index in [2.05, 4.69) is 10.3 Å². The molecule has 1 amide bonds. The van der Waals surface area contributed by atoms with Gasteiger partial charge in [0.1, 0.15) is 12.1 Å². The molecule has 5 aromatic rings. The van der Waals surface area contributed by atoms with Crippen molar-refractivity contribution in [2.45, 2.75) is 19.7 Å². The van der Waals surface area contributed by atoms with Crippen molar-refractivity contribution in [3.63, 3.8) is 0 Å². The molecule has 2 aromatic heterocycles. The van der Waals surface area contributed by atoms with Crippen LogP contribution < -0.4 is 15.9 Å². The minimum Gasteiger partial charge on any atom is -0.504 e. The van der Waals surface area contributed by atoms with Crippen molar-refractivity contribution in [2.75, 3.05) is 0 Å². The molecule has 12 heteroatoms. The highest BCUT2D eigenvalue weighted by molar-refractivity contribution is 7.03. The van der Waals surface area contributed by atoms with Crippen molar-refractivity contribution in [2.24, 2.45) is 0 Å². The molecule has 0 unspecified atom stereocenters.